The monoisotopic (exact) mass is 367 g/mol. The summed E-state index contributed by atoms with van der Waals surface area (Å²) in [5.41, 5.74) is 1.00. The molecule has 0 heterocycles. The summed E-state index contributed by atoms with van der Waals surface area (Å²) in [6.45, 7) is 11.2. The van der Waals surface area contributed by atoms with E-state index in [-0.39, 0.29) is 17.6 Å². The summed E-state index contributed by atoms with van der Waals surface area (Å²) in [7, 11) is -0.435. The van der Waals surface area contributed by atoms with E-state index in [4.69, 9.17) is 14.3 Å². The number of benzene rings is 1. The Labute approximate surface area is 152 Å². The highest BCUT2D eigenvalue weighted by molar-refractivity contribution is 6.74. The van der Waals surface area contributed by atoms with Crippen LogP contribution in [0.2, 0.25) is 18.1 Å². The van der Waals surface area contributed by atoms with Gasteiger partial charge in [-0.15, -0.1) is 0 Å². The fourth-order valence-electron chi connectivity index (χ4n) is 2.10. The van der Waals surface area contributed by atoms with Gasteiger partial charge in [-0.25, -0.2) is 0 Å². The molecule has 6 heteroatoms. The number of methoxy groups -OCH3 is 1. The van der Waals surface area contributed by atoms with Crippen molar-refractivity contribution in [3.63, 3.8) is 0 Å². The average molecular weight is 368 g/mol. The lowest BCUT2D eigenvalue weighted by atomic mass is 10.1. The molecule has 1 amide bonds. The molecule has 0 saturated heterocycles. The van der Waals surface area contributed by atoms with Crippen LogP contribution < -0.4 is 10.1 Å². The first-order valence-electron chi connectivity index (χ1n) is 8.80. The van der Waals surface area contributed by atoms with Gasteiger partial charge in [-0.2, -0.15) is 0 Å². The second kappa shape index (κ2) is 9.36. The van der Waals surface area contributed by atoms with Crippen molar-refractivity contribution in [2.45, 2.75) is 64.4 Å². The molecule has 142 valence electrons. The molecule has 0 radical (unpaired) electrons. The highest BCUT2D eigenvalue weighted by Crippen LogP contribution is 2.37. The normalized spacial score (nSPS) is 13.4. The van der Waals surface area contributed by atoms with Gasteiger partial charge in [0.05, 0.1) is 7.11 Å². The molecule has 5 nitrogen and oxygen atoms in total. The summed E-state index contributed by atoms with van der Waals surface area (Å²) < 4.78 is 11.4. The van der Waals surface area contributed by atoms with Crippen molar-refractivity contribution in [3.8, 4) is 5.75 Å². The maximum atomic E-state index is 12.6. The van der Waals surface area contributed by atoms with E-state index >= 15 is 0 Å². The fourth-order valence-corrected chi connectivity index (χ4v) is 3.39. The highest BCUT2D eigenvalue weighted by atomic mass is 28.4. The molecule has 0 spiro atoms. The van der Waals surface area contributed by atoms with Gasteiger partial charge < -0.3 is 19.6 Å². The van der Waals surface area contributed by atoms with Crippen molar-refractivity contribution in [2.24, 2.45) is 0 Å². The molecule has 0 saturated carbocycles. The van der Waals surface area contributed by atoms with Crippen LogP contribution in [-0.2, 0) is 15.8 Å². The lowest BCUT2D eigenvalue weighted by molar-refractivity contribution is -0.129. The molecule has 1 rings (SSSR count). The Morgan fingerprint density at radius 2 is 1.84 bits per heavy atom. The zero-order chi connectivity index (χ0) is 19.1. The molecule has 1 aromatic rings. The zero-order valence-corrected chi connectivity index (χ0v) is 17.4. The third-order valence-corrected chi connectivity index (χ3v) is 9.27. The maximum Gasteiger partial charge on any atom is 0.248 e. The van der Waals surface area contributed by atoms with E-state index < -0.39 is 14.4 Å². The number of hydrogen-bond donors (Lipinski definition) is 2. The Bertz CT molecular complexity index is 537. The minimum absolute atomic E-state index is 0.0285. The first-order chi connectivity index (χ1) is 11.6. The minimum Gasteiger partial charge on any atom is -0.497 e. The third kappa shape index (κ3) is 6.80. The van der Waals surface area contributed by atoms with Gasteiger partial charge in [-0.05, 0) is 48.7 Å². The molecular formula is C19H33NO4Si. The first-order valence-corrected chi connectivity index (χ1v) is 11.7. The standard InChI is InChI=1S/C19H33NO4Si/c1-19(2,3)25(5,6)24-17(8-7-13-21)18(22)20-14-15-9-11-16(23-4)12-10-15/h9-12,17,21H,7-8,13-14H2,1-6H3,(H,20,22)/t17-/m0/s1. The summed E-state index contributed by atoms with van der Waals surface area (Å²) in [5, 5.41) is 12.1. The van der Waals surface area contributed by atoms with Crippen molar-refractivity contribution in [3.05, 3.63) is 29.8 Å². The van der Waals surface area contributed by atoms with Crippen molar-refractivity contribution in [1.29, 1.82) is 0 Å². The van der Waals surface area contributed by atoms with Crippen molar-refractivity contribution >= 4 is 14.2 Å². The third-order valence-electron chi connectivity index (χ3n) is 4.79. The van der Waals surface area contributed by atoms with E-state index in [1.807, 2.05) is 24.3 Å². The number of ether oxygens (including phenoxy) is 1. The number of aliphatic hydroxyl groups excluding tert-OH is 1. The minimum atomic E-state index is -2.06. The van der Waals surface area contributed by atoms with Gasteiger partial charge >= 0.3 is 0 Å². The van der Waals surface area contributed by atoms with Crippen molar-refractivity contribution in [1.82, 2.24) is 5.32 Å². The van der Waals surface area contributed by atoms with Crippen LogP contribution in [-0.4, -0.2) is 39.2 Å². The van der Waals surface area contributed by atoms with Gasteiger partial charge in [0.2, 0.25) is 5.91 Å². The van der Waals surface area contributed by atoms with Crippen LogP contribution in [0.15, 0.2) is 24.3 Å². The zero-order valence-electron chi connectivity index (χ0n) is 16.4. The Morgan fingerprint density at radius 3 is 2.32 bits per heavy atom. The van der Waals surface area contributed by atoms with Crippen LogP contribution in [0.25, 0.3) is 0 Å². The smallest absolute Gasteiger partial charge is 0.248 e. The maximum absolute atomic E-state index is 12.6. The molecule has 0 bridgehead atoms. The summed E-state index contributed by atoms with van der Waals surface area (Å²) in [5.74, 6) is 0.672. The number of carbonyl (C=O) groups is 1. The number of nitrogens with one attached hydrogen (secondary N) is 1. The summed E-state index contributed by atoms with van der Waals surface area (Å²) in [4.78, 5) is 12.6. The van der Waals surface area contributed by atoms with Crippen LogP contribution in [0.4, 0.5) is 0 Å². The van der Waals surface area contributed by atoms with E-state index in [0.29, 0.717) is 19.4 Å². The highest BCUT2D eigenvalue weighted by Gasteiger charge is 2.40. The van der Waals surface area contributed by atoms with Crippen LogP contribution in [0.5, 0.6) is 5.75 Å². The summed E-state index contributed by atoms with van der Waals surface area (Å²) in [6.07, 6.45) is 0.554. The van der Waals surface area contributed by atoms with Gasteiger partial charge in [-0.1, -0.05) is 32.9 Å². The van der Waals surface area contributed by atoms with E-state index in [1.54, 1.807) is 7.11 Å². The molecule has 1 aromatic carbocycles. The van der Waals surface area contributed by atoms with Crippen molar-refractivity contribution in [2.75, 3.05) is 13.7 Å². The summed E-state index contributed by atoms with van der Waals surface area (Å²) >= 11 is 0. The van der Waals surface area contributed by atoms with E-state index in [2.05, 4.69) is 39.2 Å². The molecule has 1 atom stereocenters. The van der Waals surface area contributed by atoms with Crippen LogP contribution >= 0.6 is 0 Å². The molecule has 0 aliphatic carbocycles. The van der Waals surface area contributed by atoms with Crippen LogP contribution in [0.1, 0.15) is 39.2 Å². The van der Waals surface area contributed by atoms with Gasteiger partial charge in [0, 0.05) is 13.2 Å². The van der Waals surface area contributed by atoms with Crippen LogP contribution in [0, 0.1) is 0 Å². The molecular weight excluding hydrogens is 334 g/mol. The Morgan fingerprint density at radius 1 is 1.24 bits per heavy atom. The van der Waals surface area contributed by atoms with Gasteiger partial charge in [-0.3, -0.25) is 4.79 Å². The van der Waals surface area contributed by atoms with Gasteiger partial charge in [0.25, 0.3) is 0 Å². The second-order valence-corrected chi connectivity index (χ2v) is 12.6. The average Bonchev–Trinajstić information content (AvgIpc) is 2.55. The molecule has 0 fully saturated rings. The van der Waals surface area contributed by atoms with Gasteiger partial charge in [0.15, 0.2) is 8.32 Å². The molecule has 25 heavy (non-hydrogen) atoms. The molecule has 0 unspecified atom stereocenters. The van der Waals surface area contributed by atoms with E-state index in [0.717, 1.165) is 11.3 Å². The SMILES string of the molecule is COc1ccc(CNC(=O)[C@H](CCCO)O[Si](C)(C)C(C)(C)C)cc1. The predicted octanol–water partition coefficient (Wildman–Crippen LogP) is 3.47. The Hall–Kier alpha value is -1.37. The van der Waals surface area contributed by atoms with E-state index in [1.165, 1.54) is 0 Å². The Balaban J connectivity index is 2.72. The molecule has 0 aromatic heterocycles. The fraction of sp³-hybridized carbons (Fsp3) is 0.632. The Kier molecular flexibility index (Phi) is 8.11. The number of hydrogen-bond acceptors (Lipinski definition) is 4. The molecule has 0 aliphatic rings. The number of rotatable bonds is 9. The largest absolute Gasteiger partial charge is 0.497 e. The second-order valence-electron chi connectivity index (χ2n) is 7.80. The number of amides is 1. The number of aliphatic hydroxyl groups is 1. The van der Waals surface area contributed by atoms with E-state index in [9.17, 15) is 4.79 Å². The quantitative estimate of drug-likeness (QED) is 0.656. The molecule has 2 N–H and O–H groups in total. The molecule has 0 aliphatic heterocycles. The summed E-state index contributed by atoms with van der Waals surface area (Å²) in [6, 6.07) is 7.60. The van der Waals surface area contributed by atoms with Crippen molar-refractivity contribution < 1.29 is 19.1 Å². The first kappa shape index (κ1) is 21.7. The van der Waals surface area contributed by atoms with Crippen LogP contribution in [0.3, 0.4) is 0 Å². The predicted molar refractivity (Wildman–Crippen MR) is 103 cm³/mol. The topological polar surface area (TPSA) is 67.8 Å². The number of carbonyl (C=O) groups excluding carboxylic acids is 1. The lowest BCUT2D eigenvalue weighted by Crippen LogP contribution is -2.48. The van der Waals surface area contributed by atoms with Gasteiger partial charge in [0.1, 0.15) is 11.9 Å². The lowest BCUT2D eigenvalue weighted by Gasteiger charge is -2.38.